The highest BCUT2D eigenvalue weighted by Gasteiger charge is 2.66. The van der Waals surface area contributed by atoms with Crippen molar-refractivity contribution in [3.05, 3.63) is 23.5 Å². The Morgan fingerprint density at radius 1 is 1.03 bits per heavy atom. The van der Waals surface area contributed by atoms with Gasteiger partial charge in [-0.3, -0.25) is 14.5 Å². The maximum Gasteiger partial charge on any atom is 0.349 e. The van der Waals surface area contributed by atoms with Gasteiger partial charge in [-0.1, -0.05) is 33.3 Å². The molecule has 192 valence electrons. The monoisotopic (exact) mass is 598 g/mol. The Balaban J connectivity index is 1.62. The van der Waals surface area contributed by atoms with Gasteiger partial charge in [0.15, 0.2) is 34.5 Å². The summed E-state index contributed by atoms with van der Waals surface area (Å²) in [5.41, 5.74) is -0.923. The molecule has 0 aromatic heterocycles. The lowest BCUT2D eigenvalue weighted by Gasteiger charge is -2.63. The van der Waals surface area contributed by atoms with E-state index in [0.717, 1.165) is 31.3 Å². The first-order valence-electron chi connectivity index (χ1n) is 12.7. The van der Waals surface area contributed by atoms with Gasteiger partial charge >= 0.3 is 5.97 Å². The minimum absolute atomic E-state index is 0.0126. The Labute approximate surface area is 220 Å². The van der Waals surface area contributed by atoms with Crippen LogP contribution in [-0.4, -0.2) is 33.9 Å². The summed E-state index contributed by atoms with van der Waals surface area (Å²) in [5, 5.41) is 21.1. The zero-order valence-electron chi connectivity index (χ0n) is 20.8. The lowest BCUT2D eigenvalue weighted by molar-refractivity contribution is -0.224. The minimum atomic E-state index is -1.27. The summed E-state index contributed by atoms with van der Waals surface area (Å²) in [4.78, 5) is 44.7. The molecular weight excluding hydrogens is 563 g/mol. The van der Waals surface area contributed by atoms with Crippen molar-refractivity contribution in [2.45, 2.75) is 78.7 Å². The Kier molecular flexibility index (Phi) is 5.89. The van der Waals surface area contributed by atoms with Gasteiger partial charge < -0.3 is 10.2 Å². The molecule has 0 saturated heterocycles. The minimum Gasteiger partial charge on any atom is -0.505 e. The number of hydrogen-bond donors (Lipinski definition) is 2. The molecule has 0 bridgehead atoms. The zero-order valence-corrected chi connectivity index (χ0v) is 23.0. The summed E-state index contributed by atoms with van der Waals surface area (Å²) in [5.74, 6) is -2.19. The third kappa shape index (κ3) is 3.45. The first-order valence-corrected chi connectivity index (χ1v) is 13.6. The van der Waals surface area contributed by atoms with Crippen LogP contribution in [0.15, 0.2) is 23.5 Å². The van der Waals surface area contributed by atoms with Gasteiger partial charge in [-0.05, 0) is 79.8 Å². The topological polar surface area (TPSA) is 110 Å². The summed E-state index contributed by atoms with van der Waals surface area (Å²) >= 11 is 1.57. The van der Waals surface area contributed by atoms with Crippen LogP contribution < -0.4 is 0 Å². The van der Waals surface area contributed by atoms with Gasteiger partial charge in [0.1, 0.15) is 6.10 Å². The highest BCUT2D eigenvalue weighted by atomic mass is 127. The predicted octanol–water partition coefficient (Wildman–Crippen LogP) is 4.97. The number of rotatable bonds is 2. The third-order valence-corrected chi connectivity index (χ3v) is 10.9. The normalized spacial score (nSPS) is 46.3. The summed E-state index contributed by atoms with van der Waals surface area (Å²) in [6.45, 7) is 8.55. The molecule has 2 N–H and O–H groups in total. The van der Waals surface area contributed by atoms with Gasteiger partial charge in [-0.2, -0.15) is 0 Å². The van der Waals surface area contributed by atoms with Crippen molar-refractivity contribution >= 4 is 40.5 Å². The maximum atomic E-state index is 14.0. The van der Waals surface area contributed by atoms with E-state index in [1.54, 1.807) is 35.2 Å². The molecule has 35 heavy (non-hydrogen) atoms. The van der Waals surface area contributed by atoms with E-state index in [9.17, 15) is 24.6 Å². The fourth-order valence-corrected chi connectivity index (χ4v) is 9.04. The van der Waals surface area contributed by atoms with Crippen LogP contribution >= 0.6 is 23.0 Å². The second-order valence-electron chi connectivity index (χ2n) is 12.9. The van der Waals surface area contributed by atoms with E-state index in [1.165, 1.54) is 0 Å². The Bertz CT molecular complexity index is 1050. The first kappa shape index (κ1) is 25.4. The molecule has 5 aliphatic rings. The molecule has 3 saturated carbocycles. The van der Waals surface area contributed by atoms with Crippen LogP contribution in [0.25, 0.3) is 0 Å². The number of allylic oxidation sites excluding steroid dienone is 3. The fourth-order valence-electron chi connectivity index (χ4n) is 8.88. The second-order valence-corrected chi connectivity index (χ2v) is 13.2. The number of aliphatic hydroxyl groups is 2. The van der Waals surface area contributed by atoms with Crippen molar-refractivity contribution in [3.63, 3.8) is 0 Å². The average molecular weight is 598 g/mol. The van der Waals surface area contributed by atoms with Crippen molar-refractivity contribution < 1.29 is 32.7 Å². The molecule has 0 aliphatic heterocycles. The van der Waals surface area contributed by atoms with Gasteiger partial charge in [0.25, 0.3) is 0 Å². The average Bonchev–Trinajstić information content (AvgIpc) is 2.78. The zero-order chi connectivity index (χ0) is 25.6. The van der Waals surface area contributed by atoms with Gasteiger partial charge in [0.05, 0.1) is 5.41 Å². The molecule has 8 heteroatoms. The molecular formula is C27H35IO7. The number of carbonyl (C=O) groups excluding carboxylic acids is 3. The summed E-state index contributed by atoms with van der Waals surface area (Å²) in [6, 6.07) is 0. The van der Waals surface area contributed by atoms with Crippen LogP contribution in [0.3, 0.4) is 0 Å². The number of Topliss-reactive ketones (excluding diaryl/α,β-unsaturated/α-hetero) is 1. The molecule has 0 spiro atoms. The molecule has 0 aromatic rings. The molecule has 5 aliphatic carbocycles. The fraction of sp³-hybridized carbons (Fsp3) is 0.741. The summed E-state index contributed by atoms with van der Waals surface area (Å²) in [6.07, 6.45) is 7.10. The van der Waals surface area contributed by atoms with Gasteiger partial charge in [-0.15, -0.1) is 3.22 Å². The second kappa shape index (κ2) is 8.12. The van der Waals surface area contributed by atoms with Crippen LogP contribution in [-0.2, 0) is 22.5 Å². The van der Waals surface area contributed by atoms with Gasteiger partial charge in [0, 0.05) is 17.3 Å². The molecule has 8 unspecified atom stereocenters. The molecule has 0 radical (unpaired) electrons. The van der Waals surface area contributed by atoms with Crippen molar-refractivity contribution in [1.29, 1.82) is 0 Å². The predicted molar refractivity (Wildman–Crippen MR) is 135 cm³/mol. The van der Waals surface area contributed by atoms with E-state index in [0.29, 0.717) is 19.3 Å². The van der Waals surface area contributed by atoms with E-state index in [4.69, 9.17) is 8.10 Å². The molecule has 0 amide bonds. The van der Waals surface area contributed by atoms with Crippen molar-refractivity contribution in [1.82, 2.24) is 0 Å². The van der Waals surface area contributed by atoms with Gasteiger partial charge in [-0.25, -0.2) is 4.79 Å². The van der Waals surface area contributed by atoms with Crippen molar-refractivity contribution in [3.8, 4) is 0 Å². The Morgan fingerprint density at radius 2 is 1.71 bits per heavy atom. The van der Waals surface area contributed by atoms with Crippen molar-refractivity contribution in [2.24, 2.45) is 45.3 Å². The quantitative estimate of drug-likeness (QED) is 0.263. The summed E-state index contributed by atoms with van der Waals surface area (Å²) < 4.78 is 4.76. The molecule has 5 rings (SSSR count). The van der Waals surface area contributed by atoms with Crippen LogP contribution in [0, 0.1) is 45.3 Å². The lowest BCUT2D eigenvalue weighted by atomic mass is 9.40. The first-order chi connectivity index (χ1) is 16.3. The van der Waals surface area contributed by atoms with Crippen LogP contribution in [0.2, 0.25) is 0 Å². The molecule has 7 nitrogen and oxygen atoms in total. The smallest absolute Gasteiger partial charge is 0.349 e. The van der Waals surface area contributed by atoms with Crippen molar-refractivity contribution in [2.75, 3.05) is 0 Å². The standard InChI is InChI=1S/C27H35IO7/c1-24(2)9-10-27(23(33)34-35-28)8-6-14-20(16(27)12-24)17(29)11-19-25(14,3)7-5-15-21(31)22(32)18(30)13-26(15,19)4/h11,13-16,20-21,30-31H,5-10,12H2,1-4H3. The highest BCUT2D eigenvalue weighted by Crippen LogP contribution is 2.69. The van der Waals surface area contributed by atoms with E-state index in [-0.39, 0.29) is 46.3 Å². The molecule has 0 heterocycles. The molecule has 3 fully saturated rings. The number of aliphatic hydroxyl groups excluding tert-OH is 2. The lowest BCUT2D eigenvalue weighted by Crippen LogP contribution is -2.61. The van der Waals surface area contributed by atoms with E-state index < -0.39 is 28.5 Å². The SMILES string of the molecule is CC1(C)CCC2(C(=O)OOI)CCC3C(C(=O)C=C4C5(C)C=C(O)C(=O)C(O)C5CCC43C)C2C1. The Hall–Kier alpha value is -1.26. The number of hydrogen-bond acceptors (Lipinski definition) is 7. The number of ketones is 2. The molecule has 8 atom stereocenters. The summed E-state index contributed by atoms with van der Waals surface area (Å²) in [7, 11) is 0. The van der Waals surface area contributed by atoms with Gasteiger partial charge in [0.2, 0.25) is 5.78 Å². The highest BCUT2D eigenvalue weighted by molar-refractivity contribution is 14.1. The van der Waals surface area contributed by atoms with Crippen LogP contribution in [0.1, 0.15) is 72.6 Å². The van der Waals surface area contributed by atoms with E-state index in [1.807, 2.05) is 6.92 Å². The van der Waals surface area contributed by atoms with Crippen LogP contribution in [0.5, 0.6) is 0 Å². The van der Waals surface area contributed by atoms with E-state index >= 15 is 0 Å². The number of carbonyl (C=O) groups is 3. The Morgan fingerprint density at radius 3 is 2.40 bits per heavy atom. The maximum absolute atomic E-state index is 14.0. The number of halogens is 1. The third-order valence-electron chi connectivity index (χ3n) is 10.7. The van der Waals surface area contributed by atoms with Crippen LogP contribution in [0.4, 0.5) is 0 Å². The van der Waals surface area contributed by atoms with E-state index in [2.05, 4.69) is 20.8 Å². The number of fused-ring (bicyclic) bond motifs is 7. The molecule has 0 aromatic carbocycles. The largest absolute Gasteiger partial charge is 0.505 e.